The van der Waals surface area contributed by atoms with E-state index in [9.17, 15) is 4.79 Å². The minimum absolute atomic E-state index is 0.151. The number of ether oxygens (including phenoxy) is 1. The average Bonchev–Trinajstić information content (AvgIpc) is 2.66. The van der Waals surface area contributed by atoms with Gasteiger partial charge in [-0.2, -0.15) is 0 Å². The van der Waals surface area contributed by atoms with Crippen LogP contribution in [0.4, 0.5) is 5.69 Å². The van der Waals surface area contributed by atoms with Crippen molar-refractivity contribution in [3.05, 3.63) is 64.7 Å². The second-order valence-corrected chi connectivity index (χ2v) is 9.19. The van der Waals surface area contributed by atoms with E-state index < -0.39 is 0 Å². The third-order valence-corrected chi connectivity index (χ3v) is 6.11. The van der Waals surface area contributed by atoms with Crippen molar-refractivity contribution in [2.24, 2.45) is 0 Å². The number of hydrogen-bond donors (Lipinski definition) is 1. The fourth-order valence-corrected chi connectivity index (χ4v) is 4.08. The summed E-state index contributed by atoms with van der Waals surface area (Å²) in [4.78, 5) is 12.5. The molecule has 0 unspecified atom stereocenters. The second kappa shape index (κ2) is 7.67. The van der Waals surface area contributed by atoms with E-state index in [1.807, 2.05) is 12.1 Å². The Kier molecular flexibility index (Phi) is 5.62. The first-order valence-corrected chi connectivity index (χ1v) is 10.3. The summed E-state index contributed by atoms with van der Waals surface area (Å²) in [5, 5.41) is 3.29. The van der Waals surface area contributed by atoms with Crippen LogP contribution in [0.3, 0.4) is 0 Å². The molecule has 28 heavy (non-hydrogen) atoms. The number of carbonyl (C=O) groups excluding carboxylic acids is 1. The number of benzene rings is 2. The van der Waals surface area contributed by atoms with Crippen LogP contribution < -0.4 is 5.32 Å². The van der Waals surface area contributed by atoms with Gasteiger partial charge in [0.2, 0.25) is 0 Å². The molecule has 1 aliphatic rings. The number of carbonyl (C=O) groups is 1. The maximum atomic E-state index is 11.8. The van der Waals surface area contributed by atoms with Crippen molar-refractivity contribution in [3.8, 4) is 0 Å². The normalized spacial score (nSPS) is 16.8. The summed E-state index contributed by atoms with van der Waals surface area (Å²) in [7, 11) is 0. The predicted octanol–water partition coefficient (Wildman–Crippen LogP) is 6.00. The minimum atomic E-state index is -0.309. The third-order valence-electron chi connectivity index (χ3n) is 5.77. The van der Waals surface area contributed by atoms with Gasteiger partial charge in [0.05, 0.1) is 12.2 Å². The van der Waals surface area contributed by atoms with Crippen LogP contribution in [0, 0.1) is 0 Å². The number of hydrogen-bond acceptors (Lipinski definition) is 3. The Morgan fingerprint density at radius 2 is 1.54 bits per heavy atom. The van der Waals surface area contributed by atoms with Crippen molar-refractivity contribution in [3.63, 3.8) is 0 Å². The molecule has 0 aliphatic heterocycles. The van der Waals surface area contributed by atoms with Gasteiger partial charge in [-0.15, -0.1) is 0 Å². The molecule has 4 heteroatoms. The van der Waals surface area contributed by atoms with Crippen LogP contribution in [0.1, 0.15) is 74.5 Å². The van der Waals surface area contributed by atoms with E-state index in [2.05, 4.69) is 51.2 Å². The summed E-state index contributed by atoms with van der Waals surface area (Å²) in [6.45, 7) is 11.4. The molecule has 2 aromatic rings. The molecule has 0 radical (unpaired) electrons. The molecular weight excluding hydrogens is 366 g/mol. The minimum Gasteiger partial charge on any atom is -0.462 e. The summed E-state index contributed by atoms with van der Waals surface area (Å²) in [5.41, 5.74) is 5.58. The van der Waals surface area contributed by atoms with Crippen LogP contribution in [0.5, 0.6) is 0 Å². The maximum Gasteiger partial charge on any atom is 0.338 e. The van der Waals surface area contributed by atoms with E-state index in [4.69, 9.17) is 17.0 Å². The Labute approximate surface area is 173 Å². The molecule has 0 spiro atoms. The SMILES string of the molecule is CCOC(=O)c1ccc(NC(=S)c2ccc3c(c2)C(C)(C)CCC3(C)C)cc1. The third kappa shape index (κ3) is 4.12. The lowest BCUT2D eigenvalue weighted by Gasteiger charge is -2.42. The largest absolute Gasteiger partial charge is 0.462 e. The van der Waals surface area contributed by atoms with Gasteiger partial charge in [0.15, 0.2) is 0 Å². The van der Waals surface area contributed by atoms with E-state index in [-0.39, 0.29) is 16.8 Å². The van der Waals surface area contributed by atoms with Crippen molar-refractivity contribution in [1.29, 1.82) is 0 Å². The topological polar surface area (TPSA) is 38.3 Å². The number of anilines is 1. The highest BCUT2D eigenvalue weighted by Gasteiger charge is 2.37. The van der Waals surface area contributed by atoms with Gasteiger partial charge in [-0.25, -0.2) is 4.79 Å². The van der Waals surface area contributed by atoms with Crippen LogP contribution in [0.15, 0.2) is 42.5 Å². The summed E-state index contributed by atoms with van der Waals surface area (Å²) < 4.78 is 5.02. The Morgan fingerprint density at radius 3 is 2.14 bits per heavy atom. The summed E-state index contributed by atoms with van der Waals surface area (Å²) in [6.07, 6.45) is 2.37. The Hall–Kier alpha value is -2.20. The number of fused-ring (bicyclic) bond motifs is 1. The first-order chi connectivity index (χ1) is 13.1. The summed E-state index contributed by atoms with van der Waals surface area (Å²) in [5.74, 6) is -0.309. The van der Waals surface area contributed by atoms with E-state index in [1.54, 1.807) is 19.1 Å². The summed E-state index contributed by atoms with van der Waals surface area (Å²) >= 11 is 5.66. The molecule has 0 saturated carbocycles. The summed E-state index contributed by atoms with van der Waals surface area (Å²) in [6, 6.07) is 13.8. The average molecular weight is 396 g/mol. The molecule has 0 bridgehead atoms. The van der Waals surface area contributed by atoms with Gasteiger partial charge in [0.25, 0.3) is 0 Å². The smallest absolute Gasteiger partial charge is 0.338 e. The molecule has 0 heterocycles. The fraction of sp³-hybridized carbons (Fsp3) is 0.417. The number of nitrogens with one attached hydrogen (secondary N) is 1. The van der Waals surface area contributed by atoms with Gasteiger partial charge >= 0.3 is 5.97 Å². The van der Waals surface area contributed by atoms with Crippen LogP contribution in [-0.4, -0.2) is 17.6 Å². The first-order valence-electron chi connectivity index (χ1n) is 9.87. The lowest BCUT2D eigenvalue weighted by atomic mass is 9.63. The van der Waals surface area contributed by atoms with E-state index in [0.717, 1.165) is 11.3 Å². The highest BCUT2D eigenvalue weighted by atomic mass is 32.1. The number of rotatable bonds is 4. The molecule has 2 aromatic carbocycles. The van der Waals surface area contributed by atoms with Gasteiger partial charge < -0.3 is 10.1 Å². The van der Waals surface area contributed by atoms with Crippen molar-refractivity contribution >= 4 is 28.9 Å². The van der Waals surface area contributed by atoms with Gasteiger partial charge in [-0.05, 0) is 72.1 Å². The lowest BCUT2D eigenvalue weighted by molar-refractivity contribution is 0.0526. The van der Waals surface area contributed by atoms with Crippen molar-refractivity contribution in [1.82, 2.24) is 0 Å². The Bertz CT molecular complexity index is 897. The van der Waals surface area contributed by atoms with Crippen LogP contribution >= 0.6 is 12.2 Å². The van der Waals surface area contributed by atoms with Gasteiger partial charge in [0, 0.05) is 11.3 Å². The molecular formula is C24H29NO2S. The van der Waals surface area contributed by atoms with Crippen LogP contribution in [0.2, 0.25) is 0 Å². The van der Waals surface area contributed by atoms with Gasteiger partial charge in [-0.1, -0.05) is 52.0 Å². The van der Waals surface area contributed by atoms with E-state index in [1.165, 1.54) is 24.0 Å². The second-order valence-electron chi connectivity index (χ2n) is 8.78. The zero-order valence-electron chi connectivity index (χ0n) is 17.4. The molecule has 0 fully saturated rings. The standard InChI is InChI=1S/C24H29NO2S/c1-6-27-22(26)16-7-10-18(11-8-16)25-21(28)17-9-12-19-20(15-17)24(4,5)14-13-23(19,2)3/h7-12,15H,6,13-14H2,1-5H3,(H,25,28). The quantitative estimate of drug-likeness (QED) is 0.509. The fourth-order valence-electron chi connectivity index (χ4n) is 3.84. The van der Waals surface area contributed by atoms with Crippen molar-refractivity contribution in [2.75, 3.05) is 11.9 Å². The van der Waals surface area contributed by atoms with Crippen LogP contribution in [0.25, 0.3) is 0 Å². The highest BCUT2D eigenvalue weighted by Crippen LogP contribution is 2.45. The monoisotopic (exact) mass is 395 g/mol. The van der Waals surface area contributed by atoms with Gasteiger partial charge in [0.1, 0.15) is 4.99 Å². The predicted molar refractivity (Wildman–Crippen MR) is 119 cm³/mol. The molecule has 1 N–H and O–H groups in total. The Balaban J connectivity index is 1.81. The van der Waals surface area contributed by atoms with Crippen molar-refractivity contribution in [2.45, 2.75) is 58.3 Å². The highest BCUT2D eigenvalue weighted by molar-refractivity contribution is 7.81. The molecule has 0 atom stereocenters. The number of esters is 1. The van der Waals surface area contributed by atoms with Crippen molar-refractivity contribution < 1.29 is 9.53 Å². The molecule has 0 amide bonds. The molecule has 3 nitrogen and oxygen atoms in total. The van der Waals surface area contributed by atoms with Gasteiger partial charge in [-0.3, -0.25) is 0 Å². The van der Waals surface area contributed by atoms with Crippen LogP contribution in [-0.2, 0) is 15.6 Å². The molecule has 148 valence electrons. The maximum absolute atomic E-state index is 11.8. The number of thiocarbonyl (C=S) groups is 1. The van der Waals surface area contributed by atoms with E-state index in [0.29, 0.717) is 17.2 Å². The van der Waals surface area contributed by atoms with E-state index >= 15 is 0 Å². The zero-order chi connectivity index (χ0) is 20.5. The molecule has 1 aliphatic carbocycles. The Morgan fingerprint density at radius 1 is 0.964 bits per heavy atom. The first kappa shape index (κ1) is 20.5. The lowest BCUT2D eigenvalue weighted by Crippen LogP contribution is -2.34. The molecule has 0 aromatic heterocycles. The zero-order valence-corrected chi connectivity index (χ0v) is 18.2. The molecule has 3 rings (SSSR count). The molecule has 0 saturated heterocycles.